The monoisotopic (exact) mass is 297 g/mol. The van der Waals surface area contributed by atoms with Gasteiger partial charge >= 0.3 is 12.0 Å². The van der Waals surface area contributed by atoms with Crippen molar-refractivity contribution in [1.29, 1.82) is 0 Å². The van der Waals surface area contributed by atoms with Crippen molar-refractivity contribution in [2.24, 2.45) is 0 Å². The van der Waals surface area contributed by atoms with Gasteiger partial charge in [-0.25, -0.2) is 20.1 Å². The summed E-state index contributed by atoms with van der Waals surface area (Å²) in [5, 5.41) is 11.1. The lowest BCUT2D eigenvalue weighted by molar-refractivity contribution is -0.143. The lowest BCUT2D eigenvalue weighted by Gasteiger charge is -2.02. The van der Waals surface area contributed by atoms with Gasteiger partial charge in [-0.2, -0.15) is 0 Å². The number of fused-ring (bicyclic) bond motifs is 1. The highest BCUT2D eigenvalue weighted by atomic mass is 32.1. The summed E-state index contributed by atoms with van der Waals surface area (Å²) in [6, 6.07) is 4.64. The third kappa shape index (κ3) is 3.56. The molecule has 0 saturated carbocycles. The van der Waals surface area contributed by atoms with Crippen LogP contribution in [0, 0.1) is 0 Å². The molecule has 2 rings (SSSR count). The number of carboxylic acids is 1. The van der Waals surface area contributed by atoms with Crippen molar-refractivity contribution in [2.45, 2.75) is 0 Å². The molecule has 0 atom stereocenters. The van der Waals surface area contributed by atoms with Crippen LogP contribution in [0.1, 0.15) is 0 Å². The third-order valence-electron chi connectivity index (χ3n) is 2.18. The maximum atomic E-state index is 11.4. The predicted molar refractivity (Wildman–Crippen MR) is 71.9 cm³/mol. The number of methoxy groups -OCH3 is 1. The molecule has 20 heavy (non-hydrogen) atoms. The molecule has 106 valence electrons. The van der Waals surface area contributed by atoms with E-state index in [1.165, 1.54) is 11.3 Å². The number of carbonyl (C=O) groups excluding carboxylic acids is 1. The summed E-state index contributed by atoms with van der Waals surface area (Å²) in [6.07, 6.45) is 0. The molecule has 0 fully saturated rings. The Hall–Kier alpha value is -2.39. The number of anilines is 1. The zero-order chi connectivity index (χ0) is 14.5. The van der Waals surface area contributed by atoms with Gasteiger partial charge in [0.1, 0.15) is 5.75 Å². The summed E-state index contributed by atoms with van der Waals surface area (Å²) in [5.74, 6) is -0.487. The first-order valence-corrected chi connectivity index (χ1v) is 6.25. The maximum Gasteiger partial charge on any atom is 0.344 e. The molecule has 1 aromatic heterocycles. The normalized spacial score (nSPS) is 10.2. The molecule has 2 aromatic rings. The summed E-state index contributed by atoms with van der Waals surface area (Å²) >= 11 is 1.26. The number of nitrogens with one attached hydrogen (secondary N) is 2. The van der Waals surface area contributed by atoms with Crippen molar-refractivity contribution in [3.63, 3.8) is 0 Å². The number of hydroxylamine groups is 1. The number of amides is 2. The Bertz CT molecular complexity index is 642. The largest absolute Gasteiger partial charge is 0.497 e. The average Bonchev–Trinajstić information content (AvgIpc) is 2.78. The van der Waals surface area contributed by atoms with Gasteiger partial charge in [-0.15, -0.1) is 0 Å². The van der Waals surface area contributed by atoms with Crippen LogP contribution in [0.15, 0.2) is 18.2 Å². The number of benzene rings is 1. The molecule has 0 bridgehead atoms. The Morgan fingerprint density at radius 2 is 2.25 bits per heavy atom. The highest BCUT2D eigenvalue weighted by molar-refractivity contribution is 7.22. The van der Waals surface area contributed by atoms with E-state index in [1.54, 1.807) is 25.3 Å². The number of hydrogen-bond acceptors (Lipinski definition) is 6. The molecule has 0 aliphatic rings. The van der Waals surface area contributed by atoms with Gasteiger partial charge in [0, 0.05) is 0 Å². The third-order valence-corrected chi connectivity index (χ3v) is 3.11. The highest BCUT2D eigenvalue weighted by Crippen LogP contribution is 2.28. The first kappa shape index (κ1) is 14.0. The zero-order valence-corrected chi connectivity index (χ0v) is 11.2. The van der Waals surface area contributed by atoms with E-state index >= 15 is 0 Å². The quantitative estimate of drug-likeness (QED) is 0.720. The SMILES string of the molecule is COc1ccc2nc(NC(=O)NOCC(=O)O)sc2c1. The number of rotatable bonds is 5. The van der Waals surface area contributed by atoms with E-state index in [9.17, 15) is 9.59 Å². The second-order valence-electron chi connectivity index (χ2n) is 3.59. The van der Waals surface area contributed by atoms with E-state index in [1.807, 2.05) is 5.48 Å². The maximum absolute atomic E-state index is 11.4. The topological polar surface area (TPSA) is 110 Å². The average molecular weight is 297 g/mol. The zero-order valence-electron chi connectivity index (χ0n) is 10.4. The van der Waals surface area contributed by atoms with Crippen molar-refractivity contribution >= 4 is 38.7 Å². The minimum absolute atomic E-state index is 0.365. The molecule has 0 saturated heterocycles. The van der Waals surface area contributed by atoms with Crippen LogP contribution in [0.4, 0.5) is 9.93 Å². The van der Waals surface area contributed by atoms with Crippen molar-refractivity contribution in [2.75, 3.05) is 19.0 Å². The molecule has 0 unspecified atom stereocenters. The molecule has 0 aliphatic heterocycles. The fraction of sp³-hybridized carbons (Fsp3) is 0.182. The van der Waals surface area contributed by atoms with E-state index in [-0.39, 0.29) is 0 Å². The van der Waals surface area contributed by atoms with E-state index in [0.29, 0.717) is 10.9 Å². The van der Waals surface area contributed by atoms with Crippen LogP contribution in [0.5, 0.6) is 5.75 Å². The summed E-state index contributed by atoms with van der Waals surface area (Å²) < 4.78 is 5.94. The smallest absolute Gasteiger partial charge is 0.344 e. The van der Waals surface area contributed by atoms with Crippen LogP contribution < -0.4 is 15.5 Å². The van der Waals surface area contributed by atoms with E-state index in [0.717, 1.165) is 10.2 Å². The predicted octanol–water partition coefficient (Wildman–Crippen LogP) is 1.44. The van der Waals surface area contributed by atoms with Gasteiger partial charge in [0.2, 0.25) is 0 Å². The standard InChI is InChI=1S/C11H11N3O5S/c1-18-6-2-3-7-8(4-6)20-11(12-7)13-10(17)14-19-5-9(15)16/h2-4H,5H2,1H3,(H,15,16)(H2,12,13,14,17). The van der Waals surface area contributed by atoms with Crippen molar-refractivity contribution < 1.29 is 24.3 Å². The number of aromatic nitrogens is 1. The van der Waals surface area contributed by atoms with Crippen molar-refractivity contribution in [3.8, 4) is 5.75 Å². The summed E-state index contributed by atoms with van der Waals surface area (Å²) in [6.45, 7) is -0.621. The van der Waals surface area contributed by atoms with Crippen LogP contribution in [-0.4, -0.2) is 35.8 Å². The number of nitrogens with zero attached hydrogens (tertiary/aromatic N) is 1. The number of carboxylic acid groups (broad SMARTS) is 1. The molecular formula is C11H11N3O5S. The van der Waals surface area contributed by atoms with Gasteiger partial charge in [-0.3, -0.25) is 10.2 Å². The van der Waals surface area contributed by atoms with Crippen LogP contribution >= 0.6 is 11.3 Å². The minimum atomic E-state index is -1.18. The van der Waals surface area contributed by atoms with E-state index in [4.69, 9.17) is 9.84 Å². The number of urea groups is 1. The molecule has 8 nitrogen and oxygen atoms in total. The fourth-order valence-electron chi connectivity index (χ4n) is 1.37. The second kappa shape index (κ2) is 6.17. The van der Waals surface area contributed by atoms with Crippen LogP contribution in [0.3, 0.4) is 0 Å². The molecule has 0 spiro atoms. The van der Waals surface area contributed by atoms with Crippen molar-refractivity contribution in [3.05, 3.63) is 18.2 Å². The molecule has 9 heteroatoms. The molecule has 3 N–H and O–H groups in total. The second-order valence-corrected chi connectivity index (χ2v) is 4.62. The fourth-order valence-corrected chi connectivity index (χ4v) is 2.26. The lowest BCUT2D eigenvalue weighted by atomic mass is 10.3. The van der Waals surface area contributed by atoms with Gasteiger partial charge in [0.25, 0.3) is 0 Å². The molecule has 2 amide bonds. The first-order valence-electron chi connectivity index (χ1n) is 5.43. The molecule has 0 aliphatic carbocycles. The highest BCUT2D eigenvalue weighted by Gasteiger charge is 2.09. The summed E-state index contributed by atoms with van der Waals surface area (Å²) in [5.41, 5.74) is 2.66. The van der Waals surface area contributed by atoms with Gasteiger partial charge in [0.05, 0.1) is 17.3 Å². The Balaban J connectivity index is 1.99. The minimum Gasteiger partial charge on any atom is -0.497 e. The van der Waals surface area contributed by atoms with Gasteiger partial charge in [-0.1, -0.05) is 11.3 Å². The molecule has 1 aromatic carbocycles. The van der Waals surface area contributed by atoms with Gasteiger partial charge < -0.3 is 9.84 Å². The number of carbonyl (C=O) groups is 2. The van der Waals surface area contributed by atoms with Crippen molar-refractivity contribution in [1.82, 2.24) is 10.5 Å². The van der Waals surface area contributed by atoms with Gasteiger partial charge in [-0.05, 0) is 18.2 Å². The van der Waals surface area contributed by atoms with E-state index < -0.39 is 18.6 Å². The summed E-state index contributed by atoms with van der Waals surface area (Å²) in [4.78, 5) is 30.2. The molecule has 1 heterocycles. The number of thiazole rings is 1. The van der Waals surface area contributed by atoms with Crippen LogP contribution in [0.25, 0.3) is 10.2 Å². The Morgan fingerprint density at radius 3 is 2.95 bits per heavy atom. The lowest BCUT2D eigenvalue weighted by Crippen LogP contribution is -2.30. The number of aliphatic carboxylic acids is 1. The summed E-state index contributed by atoms with van der Waals surface area (Å²) in [7, 11) is 1.56. The van der Waals surface area contributed by atoms with Gasteiger partial charge in [0.15, 0.2) is 11.7 Å². The Morgan fingerprint density at radius 1 is 1.45 bits per heavy atom. The number of ether oxygens (including phenoxy) is 1. The Kier molecular flexibility index (Phi) is 4.33. The molecular weight excluding hydrogens is 286 g/mol. The van der Waals surface area contributed by atoms with E-state index in [2.05, 4.69) is 15.1 Å². The van der Waals surface area contributed by atoms with Crippen LogP contribution in [0.2, 0.25) is 0 Å². The first-order chi connectivity index (χ1) is 9.58. The van der Waals surface area contributed by atoms with Crippen LogP contribution in [-0.2, 0) is 9.63 Å². The Labute approximate surface area is 117 Å². The number of hydrogen-bond donors (Lipinski definition) is 3. The molecule has 0 radical (unpaired) electrons.